The van der Waals surface area contributed by atoms with Gasteiger partial charge in [-0.2, -0.15) is 5.10 Å². The molecule has 1 aliphatic rings. The molecule has 27 heavy (non-hydrogen) atoms. The highest BCUT2D eigenvalue weighted by atomic mass is 16.5. The first-order chi connectivity index (χ1) is 13.2. The molecular formula is C18H21N7O2. The van der Waals surface area contributed by atoms with Gasteiger partial charge in [0.05, 0.1) is 18.5 Å². The Morgan fingerprint density at radius 2 is 2.30 bits per heavy atom. The highest BCUT2D eigenvalue weighted by Gasteiger charge is 2.30. The molecule has 0 spiro atoms. The molecule has 0 saturated carbocycles. The largest absolute Gasteiger partial charge is 0.340 e. The Kier molecular flexibility index (Phi) is 6.06. The molecule has 0 bridgehead atoms. The van der Waals surface area contributed by atoms with Crippen LogP contribution in [0.5, 0.6) is 0 Å². The number of hydrogen-bond donors (Lipinski definition) is 3. The predicted octanol–water partition coefficient (Wildman–Crippen LogP) is 2.09. The van der Waals surface area contributed by atoms with Crippen LogP contribution < -0.4 is 10.7 Å². The summed E-state index contributed by atoms with van der Waals surface area (Å²) < 4.78 is 5.75. The standard InChI is InChI=1S/C18H21N7O2/c1-13-6-7-14(24-21-10-8-19)16(22-13)17(26)25-11-4-12-27-18(25)23-15-5-2-3-9-20-15/h2-3,5-10,18-19,24H,4,11-12H2,1H3,(H,20,23)/b19-8?,21-10-. The fraction of sp³-hybridized carbons (Fsp3) is 0.278. The lowest BCUT2D eigenvalue weighted by atomic mass is 10.2. The smallest absolute Gasteiger partial charge is 0.278 e. The number of nitrogens with one attached hydrogen (secondary N) is 3. The second-order valence-electron chi connectivity index (χ2n) is 5.84. The first kappa shape index (κ1) is 18.5. The number of carbonyl (C=O) groups is 1. The Bertz CT molecular complexity index is 826. The van der Waals surface area contributed by atoms with E-state index in [1.165, 1.54) is 6.21 Å². The van der Waals surface area contributed by atoms with Gasteiger partial charge in [0.25, 0.3) is 5.91 Å². The van der Waals surface area contributed by atoms with Gasteiger partial charge in [-0.25, -0.2) is 9.97 Å². The summed E-state index contributed by atoms with van der Waals surface area (Å²) in [7, 11) is 0. The number of aryl methyl sites for hydroxylation is 1. The number of carbonyl (C=O) groups excluding carboxylic acids is 1. The van der Waals surface area contributed by atoms with Crippen LogP contribution in [0, 0.1) is 12.3 Å². The van der Waals surface area contributed by atoms with Crippen molar-refractivity contribution in [3.05, 3.63) is 47.9 Å². The average molecular weight is 367 g/mol. The molecule has 1 saturated heterocycles. The summed E-state index contributed by atoms with van der Waals surface area (Å²) in [6.07, 6.45) is 4.09. The Morgan fingerprint density at radius 3 is 3.07 bits per heavy atom. The van der Waals surface area contributed by atoms with Crippen LogP contribution in [-0.2, 0) is 4.74 Å². The van der Waals surface area contributed by atoms with Gasteiger partial charge in [-0.05, 0) is 37.6 Å². The maximum absolute atomic E-state index is 13.2. The van der Waals surface area contributed by atoms with Crippen molar-refractivity contribution in [2.75, 3.05) is 23.9 Å². The zero-order chi connectivity index (χ0) is 19.1. The maximum atomic E-state index is 13.2. The van der Waals surface area contributed by atoms with Crippen molar-refractivity contribution in [1.82, 2.24) is 14.9 Å². The predicted molar refractivity (Wildman–Crippen MR) is 103 cm³/mol. The summed E-state index contributed by atoms with van der Waals surface area (Å²) in [5, 5.41) is 14.0. The lowest BCUT2D eigenvalue weighted by molar-refractivity contribution is -0.0611. The first-order valence-electron chi connectivity index (χ1n) is 8.55. The maximum Gasteiger partial charge on any atom is 0.278 e. The number of hydrazone groups is 1. The molecule has 1 fully saturated rings. The molecule has 140 valence electrons. The topological polar surface area (TPSA) is 116 Å². The van der Waals surface area contributed by atoms with Gasteiger partial charge in [0.2, 0.25) is 6.35 Å². The van der Waals surface area contributed by atoms with E-state index in [0.717, 1.165) is 12.6 Å². The van der Waals surface area contributed by atoms with Crippen LogP contribution in [0.4, 0.5) is 11.5 Å². The lowest BCUT2D eigenvalue weighted by Gasteiger charge is -2.36. The Morgan fingerprint density at radius 1 is 1.41 bits per heavy atom. The molecular weight excluding hydrogens is 346 g/mol. The summed E-state index contributed by atoms with van der Waals surface area (Å²) in [5.41, 5.74) is 4.19. The van der Waals surface area contributed by atoms with E-state index < -0.39 is 6.35 Å². The van der Waals surface area contributed by atoms with Crippen LogP contribution >= 0.6 is 0 Å². The lowest BCUT2D eigenvalue weighted by Crippen LogP contribution is -2.50. The normalized spacial score (nSPS) is 16.9. The van der Waals surface area contributed by atoms with Crippen molar-refractivity contribution in [1.29, 1.82) is 5.41 Å². The number of amides is 1. The van der Waals surface area contributed by atoms with Gasteiger partial charge in [0.15, 0.2) is 5.69 Å². The monoisotopic (exact) mass is 367 g/mol. The van der Waals surface area contributed by atoms with Crippen molar-refractivity contribution in [3.63, 3.8) is 0 Å². The van der Waals surface area contributed by atoms with Crippen molar-refractivity contribution >= 4 is 29.8 Å². The highest BCUT2D eigenvalue weighted by molar-refractivity contribution is 6.14. The number of ether oxygens (including phenoxy) is 1. The van der Waals surface area contributed by atoms with Gasteiger partial charge in [0.1, 0.15) is 5.82 Å². The van der Waals surface area contributed by atoms with E-state index in [-0.39, 0.29) is 11.6 Å². The molecule has 1 atom stereocenters. The van der Waals surface area contributed by atoms with Gasteiger partial charge in [-0.15, -0.1) is 0 Å². The van der Waals surface area contributed by atoms with E-state index in [2.05, 4.69) is 25.8 Å². The summed E-state index contributed by atoms with van der Waals surface area (Å²) in [6, 6.07) is 9.01. The Labute approximate surface area is 157 Å². The number of nitrogens with zero attached hydrogens (tertiary/aromatic N) is 4. The Hall–Kier alpha value is -3.33. The fourth-order valence-electron chi connectivity index (χ4n) is 2.63. The minimum atomic E-state index is -0.638. The van der Waals surface area contributed by atoms with Gasteiger partial charge in [-0.3, -0.25) is 15.1 Å². The molecule has 0 aromatic carbocycles. The number of aromatic nitrogens is 2. The van der Waals surface area contributed by atoms with Crippen molar-refractivity contribution < 1.29 is 9.53 Å². The molecule has 9 heteroatoms. The minimum Gasteiger partial charge on any atom is -0.340 e. The number of pyridine rings is 2. The van der Waals surface area contributed by atoms with Crippen LogP contribution in [0.15, 0.2) is 41.6 Å². The van der Waals surface area contributed by atoms with Gasteiger partial charge in [0, 0.05) is 24.7 Å². The molecule has 3 N–H and O–H groups in total. The third kappa shape index (κ3) is 4.64. The second kappa shape index (κ2) is 8.86. The van der Waals surface area contributed by atoms with Crippen LogP contribution in [0.25, 0.3) is 0 Å². The minimum absolute atomic E-state index is 0.246. The highest BCUT2D eigenvalue weighted by Crippen LogP contribution is 2.21. The van der Waals surface area contributed by atoms with Crippen LogP contribution in [0.1, 0.15) is 22.6 Å². The van der Waals surface area contributed by atoms with Gasteiger partial charge in [-0.1, -0.05) is 6.07 Å². The molecule has 3 heterocycles. The third-order valence-electron chi connectivity index (χ3n) is 3.87. The first-order valence-corrected chi connectivity index (χ1v) is 8.55. The SMILES string of the molecule is Cc1ccc(N/N=C\C=N)c(C(=O)N2CCCOC2Nc2ccccn2)n1. The fourth-order valence-corrected chi connectivity index (χ4v) is 2.63. The molecule has 9 nitrogen and oxygen atoms in total. The molecule has 3 rings (SSSR count). The van der Waals surface area contributed by atoms with E-state index in [4.69, 9.17) is 10.1 Å². The molecule has 1 amide bonds. The zero-order valence-corrected chi connectivity index (χ0v) is 14.9. The van der Waals surface area contributed by atoms with E-state index in [9.17, 15) is 4.79 Å². The zero-order valence-electron chi connectivity index (χ0n) is 14.9. The summed E-state index contributed by atoms with van der Waals surface area (Å²) in [5.74, 6) is 0.340. The van der Waals surface area contributed by atoms with E-state index in [1.54, 1.807) is 23.2 Å². The second-order valence-corrected chi connectivity index (χ2v) is 5.84. The van der Waals surface area contributed by atoms with E-state index in [1.807, 2.05) is 25.1 Å². The number of rotatable bonds is 6. The molecule has 2 aromatic heterocycles. The number of hydrogen-bond acceptors (Lipinski definition) is 8. The van der Waals surface area contributed by atoms with Gasteiger partial charge >= 0.3 is 0 Å². The molecule has 0 aliphatic carbocycles. The molecule has 2 aromatic rings. The quantitative estimate of drug-likeness (QED) is 0.532. The third-order valence-corrected chi connectivity index (χ3v) is 3.87. The van der Waals surface area contributed by atoms with E-state index in [0.29, 0.717) is 30.4 Å². The number of anilines is 2. The van der Waals surface area contributed by atoms with Crippen molar-refractivity contribution in [3.8, 4) is 0 Å². The Balaban J connectivity index is 1.85. The van der Waals surface area contributed by atoms with Gasteiger partial charge < -0.3 is 15.5 Å². The molecule has 0 radical (unpaired) electrons. The van der Waals surface area contributed by atoms with Crippen molar-refractivity contribution in [2.24, 2.45) is 5.10 Å². The van der Waals surface area contributed by atoms with Crippen LogP contribution in [-0.4, -0.2) is 52.7 Å². The average Bonchev–Trinajstić information content (AvgIpc) is 2.70. The van der Waals surface area contributed by atoms with Crippen molar-refractivity contribution in [2.45, 2.75) is 19.7 Å². The molecule has 1 unspecified atom stereocenters. The van der Waals surface area contributed by atoms with Crippen LogP contribution in [0.2, 0.25) is 0 Å². The van der Waals surface area contributed by atoms with E-state index >= 15 is 0 Å². The summed E-state index contributed by atoms with van der Waals surface area (Å²) in [6.45, 7) is 2.89. The summed E-state index contributed by atoms with van der Waals surface area (Å²) in [4.78, 5) is 23.4. The summed E-state index contributed by atoms with van der Waals surface area (Å²) >= 11 is 0. The molecule has 1 aliphatic heterocycles. The van der Waals surface area contributed by atoms with Crippen LogP contribution in [0.3, 0.4) is 0 Å².